The van der Waals surface area contributed by atoms with Crippen molar-refractivity contribution in [1.82, 2.24) is 15.1 Å². The minimum Gasteiger partial charge on any atom is -0.343 e. The highest BCUT2D eigenvalue weighted by atomic mass is 19.1. The van der Waals surface area contributed by atoms with Crippen molar-refractivity contribution in [2.24, 2.45) is 0 Å². The molecule has 2 aromatic rings. The Morgan fingerprint density at radius 1 is 0.967 bits per heavy atom. The molecule has 1 saturated heterocycles. The standard InChI is InChI=1S/C22H26F2N4O2/c1-27-8-10-28(11-9-27)7-6-16-2-4-20(5-3-16)26-21(29)15-25-22(30)17-12-18(23)14-19(24)13-17/h2-5,12-14H,6-11,15H2,1H3,(H,25,30)(H,26,29). The van der Waals surface area contributed by atoms with Crippen LogP contribution in [0.25, 0.3) is 0 Å². The number of rotatable bonds is 7. The second-order valence-electron chi connectivity index (χ2n) is 7.48. The first kappa shape index (κ1) is 21.9. The molecule has 0 spiro atoms. The van der Waals surface area contributed by atoms with Gasteiger partial charge in [0.05, 0.1) is 6.54 Å². The minimum atomic E-state index is -0.850. The number of hydrogen-bond donors (Lipinski definition) is 2. The molecule has 0 radical (unpaired) electrons. The van der Waals surface area contributed by atoms with Crippen molar-refractivity contribution in [3.63, 3.8) is 0 Å². The molecule has 2 amide bonds. The number of nitrogens with zero attached hydrogens (tertiary/aromatic N) is 2. The van der Waals surface area contributed by atoms with Gasteiger partial charge in [-0.15, -0.1) is 0 Å². The second kappa shape index (κ2) is 10.3. The predicted molar refractivity (Wildman–Crippen MR) is 111 cm³/mol. The van der Waals surface area contributed by atoms with Gasteiger partial charge < -0.3 is 20.4 Å². The highest BCUT2D eigenvalue weighted by Gasteiger charge is 2.13. The average molecular weight is 416 g/mol. The maximum atomic E-state index is 13.2. The summed E-state index contributed by atoms with van der Waals surface area (Å²) in [5.41, 5.74) is 1.63. The Morgan fingerprint density at radius 2 is 1.60 bits per heavy atom. The summed E-state index contributed by atoms with van der Waals surface area (Å²) in [7, 11) is 2.14. The fourth-order valence-electron chi connectivity index (χ4n) is 3.27. The van der Waals surface area contributed by atoms with Crippen molar-refractivity contribution in [2.45, 2.75) is 6.42 Å². The number of amides is 2. The van der Waals surface area contributed by atoms with Gasteiger partial charge in [0.15, 0.2) is 0 Å². The summed E-state index contributed by atoms with van der Waals surface area (Å²) < 4.78 is 26.4. The Bertz CT molecular complexity index is 861. The molecule has 0 aromatic heterocycles. The molecule has 2 aromatic carbocycles. The topological polar surface area (TPSA) is 64.7 Å². The number of benzene rings is 2. The van der Waals surface area contributed by atoms with Gasteiger partial charge >= 0.3 is 0 Å². The van der Waals surface area contributed by atoms with Gasteiger partial charge in [-0.05, 0) is 43.3 Å². The molecule has 0 bridgehead atoms. The van der Waals surface area contributed by atoms with Crippen LogP contribution in [0.3, 0.4) is 0 Å². The maximum absolute atomic E-state index is 13.2. The Hall–Kier alpha value is -2.84. The zero-order valence-electron chi connectivity index (χ0n) is 17.0. The van der Waals surface area contributed by atoms with Gasteiger partial charge in [-0.25, -0.2) is 8.78 Å². The molecule has 160 valence electrons. The van der Waals surface area contributed by atoms with E-state index in [2.05, 4.69) is 27.5 Å². The molecule has 1 aliphatic rings. The monoisotopic (exact) mass is 416 g/mol. The summed E-state index contributed by atoms with van der Waals surface area (Å²) in [5.74, 6) is -2.84. The molecule has 1 heterocycles. The van der Waals surface area contributed by atoms with Gasteiger partial charge in [0.25, 0.3) is 5.91 Å². The van der Waals surface area contributed by atoms with Gasteiger partial charge in [-0.2, -0.15) is 0 Å². The summed E-state index contributed by atoms with van der Waals surface area (Å²) >= 11 is 0. The van der Waals surface area contributed by atoms with E-state index in [0.29, 0.717) is 11.8 Å². The molecule has 0 atom stereocenters. The van der Waals surface area contributed by atoms with Crippen LogP contribution in [0.4, 0.5) is 14.5 Å². The van der Waals surface area contributed by atoms with Crippen molar-refractivity contribution in [1.29, 1.82) is 0 Å². The van der Waals surface area contributed by atoms with E-state index in [1.807, 2.05) is 24.3 Å². The molecule has 3 rings (SSSR count). The van der Waals surface area contributed by atoms with Gasteiger partial charge in [-0.3, -0.25) is 9.59 Å². The Balaban J connectivity index is 1.42. The lowest BCUT2D eigenvalue weighted by molar-refractivity contribution is -0.115. The molecule has 8 heteroatoms. The van der Waals surface area contributed by atoms with Crippen LogP contribution in [-0.4, -0.2) is 67.9 Å². The Kier molecular flexibility index (Phi) is 7.48. The number of carbonyl (C=O) groups is 2. The van der Waals surface area contributed by atoms with Crippen molar-refractivity contribution in [3.8, 4) is 0 Å². The van der Waals surface area contributed by atoms with Gasteiger partial charge in [0.1, 0.15) is 11.6 Å². The first-order chi connectivity index (χ1) is 14.4. The van der Waals surface area contributed by atoms with Gasteiger partial charge in [-0.1, -0.05) is 12.1 Å². The van der Waals surface area contributed by atoms with E-state index >= 15 is 0 Å². The summed E-state index contributed by atoms with van der Waals surface area (Å²) in [6.07, 6.45) is 0.943. The van der Waals surface area contributed by atoms with Crippen LogP contribution >= 0.6 is 0 Å². The van der Waals surface area contributed by atoms with E-state index in [9.17, 15) is 18.4 Å². The fourth-order valence-corrected chi connectivity index (χ4v) is 3.27. The molecular weight excluding hydrogens is 390 g/mol. The molecule has 6 nitrogen and oxygen atoms in total. The maximum Gasteiger partial charge on any atom is 0.251 e. The summed E-state index contributed by atoms with van der Waals surface area (Å²) in [6, 6.07) is 10.1. The number of carbonyl (C=O) groups excluding carboxylic acids is 2. The zero-order chi connectivity index (χ0) is 21.5. The van der Waals surface area contributed by atoms with Crippen LogP contribution < -0.4 is 10.6 Å². The summed E-state index contributed by atoms with van der Waals surface area (Å²) in [4.78, 5) is 28.8. The van der Waals surface area contributed by atoms with E-state index in [-0.39, 0.29) is 12.1 Å². The average Bonchev–Trinajstić information content (AvgIpc) is 2.72. The third-order valence-electron chi connectivity index (χ3n) is 5.08. The number of anilines is 1. The largest absolute Gasteiger partial charge is 0.343 e. The highest BCUT2D eigenvalue weighted by Crippen LogP contribution is 2.11. The zero-order valence-corrected chi connectivity index (χ0v) is 17.0. The third-order valence-corrected chi connectivity index (χ3v) is 5.08. The summed E-state index contributed by atoms with van der Waals surface area (Å²) in [5, 5.41) is 5.04. The van der Waals surface area contributed by atoms with Crippen molar-refractivity contribution >= 4 is 17.5 Å². The summed E-state index contributed by atoms with van der Waals surface area (Å²) in [6.45, 7) is 5.05. The van der Waals surface area contributed by atoms with E-state index in [0.717, 1.165) is 51.3 Å². The van der Waals surface area contributed by atoms with Crippen molar-refractivity contribution in [2.75, 3.05) is 51.6 Å². The van der Waals surface area contributed by atoms with E-state index in [1.165, 1.54) is 5.56 Å². The number of hydrogen-bond acceptors (Lipinski definition) is 4. The smallest absolute Gasteiger partial charge is 0.251 e. The quantitative estimate of drug-likeness (QED) is 0.726. The molecule has 1 fully saturated rings. The molecule has 0 aliphatic carbocycles. The number of likely N-dealkylation sites (N-methyl/N-ethyl adjacent to an activating group) is 1. The number of nitrogens with one attached hydrogen (secondary N) is 2. The lowest BCUT2D eigenvalue weighted by atomic mass is 10.1. The van der Waals surface area contributed by atoms with Crippen LogP contribution in [0.5, 0.6) is 0 Å². The lowest BCUT2D eigenvalue weighted by Gasteiger charge is -2.32. The van der Waals surface area contributed by atoms with E-state index in [1.54, 1.807) is 0 Å². The minimum absolute atomic E-state index is 0.176. The molecule has 2 N–H and O–H groups in total. The first-order valence-corrected chi connectivity index (χ1v) is 9.93. The fraction of sp³-hybridized carbons (Fsp3) is 0.364. The first-order valence-electron chi connectivity index (χ1n) is 9.93. The van der Waals surface area contributed by atoms with E-state index in [4.69, 9.17) is 0 Å². The SMILES string of the molecule is CN1CCN(CCc2ccc(NC(=O)CNC(=O)c3cc(F)cc(F)c3)cc2)CC1. The molecular formula is C22H26F2N4O2. The second-order valence-corrected chi connectivity index (χ2v) is 7.48. The van der Waals surface area contributed by atoms with Gasteiger partial charge in [0.2, 0.25) is 5.91 Å². The van der Waals surface area contributed by atoms with Crippen LogP contribution in [0.2, 0.25) is 0 Å². The third kappa shape index (κ3) is 6.60. The number of halogens is 2. The number of piperazine rings is 1. The van der Waals surface area contributed by atoms with E-state index < -0.39 is 23.4 Å². The van der Waals surface area contributed by atoms with Crippen LogP contribution in [0.15, 0.2) is 42.5 Å². The van der Waals surface area contributed by atoms with Crippen molar-refractivity contribution in [3.05, 3.63) is 65.2 Å². The van der Waals surface area contributed by atoms with Crippen LogP contribution in [0.1, 0.15) is 15.9 Å². The molecule has 0 unspecified atom stereocenters. The molecule has 1 aliphatic heterocycles. The highest BCUT2D eigenvalue weighted by molar-refractivity contribution is 5.99. The van der Waals surface area contributed by atoms with Gasteiger partial charge in [0, 0.05) is 50.0 Å². The Labute approximate surface area is 174 Å². The lowest BCUT2D eigenvalue weighted by Crippen LogP contribution is -2.45. The van der Waals surface area contributed by atoms with Crippen LogP contribution in [0, 0.1) is 11.6 Å². The predicted octanol–water partition coefficient (Wildman–Crippen LogP) is 2.12. The Morgan fingerprint density at radius 3 is 2.23 bits per heavy atom. The molecule has 0 saturated carbocycles. The van der Waals surface area contributed by atoms with Crippen LogP contribution in [-0.2, 0) is 11.2 Å². The van der Waals surface area contributed by atoms with Crippen molar-refractivity contribution < 1.29 is 18.4 Å². The molecule has 30 heavy (non-hydrogen) atoms. The normalized spacial score (nSPS) is 15.0.